The molecule has 0 aliphatic heterocycles. The minimum atomic E-state index is -0.263. The molecule has 32 heavy (non-hydrogen) atoms. The summed E-state index contributed by atoms with van der Waals surface area (Å²) in [6, 6.07) is 8.45. The first-order chi connectivity index (χ1) is 15.4. The maximum atomic E-state index is 13.0. The molecule has 0 spiro atoms. The van der Waals surface area contributed by atoms with Gasteiger partial charge < -0.3 is 15.5 Å². The van der Waals surface area contributed by atoms with Gasteiger partial charge in [0.15, 0.2) is 0 Å². The van der Waals surface area contributed by atoms with Crippen LogP contribution in [0.15, 0.2) is 30.0 Å². The third kappa shape index (κ3) is 4.37. The highest BCUT2D eigenvalue weighted by Crippen LogP contribution is 2.61. The lowest BCUT2D eigenvalue weighted by Gasteiger charge is -2.59. The summed E-state index contributed by atoms with van der Waals surface area (Å²) in [5, 5.41) is 16.0. The molecule has 0 aromatic heterocycles. The van der Waals surface area contributed by atoms with Gasteiger partial charge in [-0.25, -0.2) is 0 Å². The standard InChI is InChI=1S/C27H38N4O/c1-5-31(6-2)24-7-8-25(18(3)9-24)29-17-23(16-28)26(32)30-19(4)27-13-20-10-21(14-27)12-22(11-20)15-27/h7-9,17,19-22,29H,5-6,10-15H2,1-4H3,(H,30,32)/b23-17-. The fourth-order valence-corrected chi connectivity index (χ4v) is 7.03. The van der Waals surface area contributed by atoms with Gasteiger partial charge >= 0.3 is 0 Å². The number of nitrogens with one attached hydrogen (secondary N) is 2. The molecule has 0 heterocycles. The van der Waals surface area contributed by atoms with Crippen molar-refractivity contribution in [3.63, 3.8) is 0 Å². The SMILES string of the molecule is CCN(CC)c1ccc(N/C=C(/C#N)C(=O)NC(C)C23CC4CC(CC(C4)C2)C3)c(C)c1. The van der Waals surface area contributed by atoms with Crippen LogP contribution in [-0.2, 0) is 4.79 Å². The maximum absolute atomic E-state index is 13.0. The van der Waals surface area contributed by atoms with Crippen LogP contribution >= 0.6 is 0 Å². The molecule has 5 rings (SSSR count). The van der Waals surface area contributed by atoms with E-state index >= 15 is 0 Å². The summed E-state index contributed by atoms with van der Waals surface area (Å²) in [7, 11) is 0. The van der Waals surface area contributed by atoms with Gasteiger partial charge in [0, 0.05) is 36.7 Å². The van der Waals surface area contributed by atoms with Crippen molar-refractivity contribution in [1.82, 2.24) is 5.32 Å². The molecule has 4 fully saturated rings. The zero-order valence-electron chi connectivity index (χ0n) is 20.1. The minimum absolute atomic E-state index is 0.107. The summed E-state index contributed by atoms with van der Waals surface area (Å²) in [4.78, 5) is 15.3. The Bertz CT molecular complexity index is 889. The van der Waals surface area contributed by atoms with E-state index in [0.29, 0.717) is 0 Å². The van der Waals surface area contributed by atoms with Crippen LogP contribution in [-0.4, -0.2) is 25.0 Å². The van der Waals surface area contributed by atoms with Crippen molar-refractivity contribution in [3.8, 4) is 6.07 Å². The molecule has 4 aliphatic rings. The molecule has 1 aromatic carbocycles. The Kier molecular flexibility index (Phi) is 6.51. The Morgan fingerprint density at radius 1 is 1.19 bits per heavy atom. The van der Waals surface area contributed by atoms with Gasteiger partial charge in [-0.15, -0.1) is 0 Å². The molecule has 4 bridgehead atoms. The summed E-state index contributed by atoms with van der Waals surface area (Å²) in [5.41, 5.74) is 3.55. The van der Waals surface area contributed by atoms with E-state index in [1.807, 2.05) is 13.0 Å². The Balaban J connectivity index is 1.41. The number of hydrogen-bond donors (Lipinski definition) is 2. The first-order valence-corrected chi connectivity index (χ1v) is 12.4. The zero-order chi connectivity index (χ0) is 22.9. The molecule has 2 N–H and O–H groups in total. The van der Waals surface area contributed by atoms with Crippen molar-refractivity contribution < 1.29 is 4.79 Å². The van der Waals surface area contributed by atoms with E-state index in [1.54, 1.807) is 6.20 Å². The van der Waals surface area contributed by atoms with Crippen molar-refractivity contribution >= 4 is 17.3 Å². The van der Waals surface area contributed by atoms with Crippen LogP contribution in [0.3, 0.4) is 0 Å². The summed E-state index contributed by atoms with van der Waals surface area (Å²) in [6.45, 7) is 10.4. The first-order valence-electron chi connectivity index (χ1n) is 12.4. The Labute approximate surface area is 193 Å². The number of amides is 1. The summed E-state index contributed by atoms with van der Waals surface area (Å²) in [5.74, 6) is 2.27. The largest absolute Gasteiger partial charge is 0.372 e. The van der Waals surface area contributed by atoms with Crippen molar-refractivity contribution in [2.75, 3.05) is 23.3 Å². The van der Waals surface area contributed by atoms with Gasteiger partial charge in [0.05, 0.1) is 0 Å². The summed E-state index contributed by atoms with van der Waals surface area (Å²) < 4.78 is 0. The highest BCUT2D eigenvalue weighted by Gasteiger charge is 2.53. The molecule has 5 nitrogen and oxygen atoms in total. The fourth-order valence-electron chi connectivity index (χ4n) is 7.03. The molecule has 4 aliphatic carbocycles. The van der Waals surface area contributed by atoms with E-state index in [4.69, 9.17) is 0 Å². The Morgan fingerprint density at radius 2 is 1.78 bits per heavy atom. The van der Waals surface area contributed by atoms with Gasteiger partial charge in [-0.1, -0.05) is 0 Å². The lowest BCUT2D eigenvalue weighted by Crippen LogP contribution is -2.56. The van der Waals surface area contributed by atoms with Crippen LogP contribution in [0.25, 0.3) is 0 Å². The summed E-state index contributed by atoms with van der Waals surface area (Å²) >= 11 is 0. The van der Waals surface area contributed by atoms with Crippen LogP contribution < -0.4 is 15.5 Å². The highest BCUT2D eigenvalue weighted by atomic mass is 16.1. The summed E-state index contributed by atoms with van der Waals surface area (Å²) in [6.07, 6.45) is 9.44. The third-order valence-corrected chi connectivity index (χ3v) is 8.43. The first kappa shape index (κ1) is 22.7. The molecule has 0 saturated heterocycles. The smallest absolute Gasteiger partial charge is 0.263 e. The van der Waals surface area contributed by atoms with Gasteiger partial charge in [-0.2, -0.15) is 5.26 Å². The van der Waals surface area contributed by atoms with Crippen LogP contribution in [0, 0.1) is 41.4 Å². The second-order valence-corrected chi connectivity index (χ2v) is 10.5. The monoisotopic (exact) mass is 434 g/mol. The van der Waals surface area contributed by atoms with Gasteiger partial charge in [-0.05, 0) is 113 Å². The maximum Gasteiger partial charge on any atom is 0.263 e. The second kappa shape index (κ2) is 9.17. The van der Waals surface area contributed by atoms with E-state index in [-0.39, 0.29) is 22.9 Å². The van der Waals surface area contributed by atoms with Gasteiger partial charge in [0.1, 0.15) is 11.6 Å². The molecule has 1 atom stereocenters. The average molecular weight is 435 g/mol. The topological polar surface area (TPSA) is 68.2 Å². The van der Waals surface area contributed by atoms with Gasteiger partial charge in [0.25, 0.3) is 5.91 Å². The fraction of sp³-hybridized carbons (Fsp3) is 0.630. The molecule has 1 amide bonds. The van der Waals surface area contributed by atoms with Crippen LogP contribution in [0.2, 0.25) is 0 Å². The molecular formula is C27H38N4O. The van der Waals surface area contributed by atoms with Gasteiger partial charge in [0.2, 0.25) is 0 Å². The lowest BCUT2D eigenvalue weighted by molar-refractivity contribution is -0.122. The van der Waals surface area contributed by atoms with Crippen molar-refractivity contribution in [2.45, 2.75) is 72.3 Å². The number of nitriles is 1. The number of hydrogen-bond acceptors (Lipinski definition) is 4. The number of rotatable bonds is 8. The van der Waals surface area contributed by atoms with Crippen LogP contribution in [0.4, 0.5) is 11.4 Å². The second-order valence-electron chi connectivity index (χ2n) is 10.5. The number of benzene rings is 1. The molecule has 1 unspecified atom stereocenters. The molecule has 4 saturated carbocycles. The van der Waals surface area contributed by atoms with E-state index in [0.717, 1.165) is 42.1 Å². The number of nitrogens with zero attached hydrogens (tertiary/aromatic N) is 2. The predicted molar refractivity (Wildman–Crippen MR) is 130 cm³/mol. The Hall–Kier alpha value is -2.48. The molecule has 5 heteroatoms. The molecule has 0 radical (unpaired) electrons. The van der Waals surface area contributed by atoms with E-state index in [1.165, 1.54) is 44.2 Å². The van der Waals surface area contributed by atoms with E-state index in [2.05, 4.69) is 54.5 Å². The third-order valence-electron chi connectivity index (χ3n) is 8.43. The van der Waals surface area contributed by atoms with Crippen molar-refractivity contribution in [1.29, 1.82) is 5.26 Å². The van der Waals surface area contributed by atoms with E-state index in [9.17, 15) is 10.1 Å². The normalized spacial score (nSPS) is 29.3. The quantitative estimate of drug-likeness (QED) is 0.426. The van der Waals surface area contributed by atoms with Crippen LogP contribution in [0.5, 0.6) is 0 Å². The van der Waals surface area contributed by atoms with E-state index < -0.39 is 0 Å². The molecule has 172 valence electrons. The lowest BCUT2D eigenvalue weighted by atomic mass is 9.48. The predicted octanol–water partition coefficient (Wildman–Crippen LogP) is 5.38. The van der Waals surface area contributed by atoms with Crippen molar-refractivity contribution in [2.24, 2.45) is 23.2 Å². The van der Waals surface area contributed by atoms with Gasteiger partial charge in [-0.3, -0.25) is 4.79 Å². The highest BCUT2D eigenvalue weighted by molar-refractivity contribution is 5.97. The number of aryl methyl sites for hydroxylation is 1. The molecule has 1 aromatic rings. The average Bonchev–Trinajstić information content (AvgIpc) is 2.75. The number of anilines is 2. The van der Waals surface area contributed by atoms with Crippen molar-refractivity contribution in [3.05, 3.63) is 35.5 Å². The number of carbonyl (C=O) groups excluding carboxylic acids is 1. The minimum Gasteiger partial charge on any atom is -0.372 e. The zero-order valence-corrected chi connectivity index (χ0v) is 20.1. The number of carbonyl (C=O) groups is 1. The Morgan fingerprint density at radius 3 is 2.28 bits per heavy atom. The molecular weight excluding hydrogens is 396 g/mol. The van der Waals surface area contributed by atoms with Crippen LogP contribution in [0.1, 0.15) is 64.9 Å².